The second-order valence-electron chi connectivity index (χ2n) is 4.52. The maximum Gasteiger partial charge on any atom is 0.450 e. The monoisotopic (exact) mass is 280 g/mol. The predicted molar refractivity (Wildman–Crippen MR) is 49.2 cm³/mol. The molecule has 0 aliphatic carbocycles. The third-order valence-electron chi connectivity index (χ3n) is 1.95. The Labute approximate surface area is 94.0 Å². The van der Waals surface area contributed by atoms with Crippen LogP contribution in [-0.4, -0.2) is 32.0 Å². The van der Waals surface area contributed by atoms with Crippen LogP contribution in [0.5, 0.6) is 0 Å². The SMILES string of the molecule is C[Si](C)(C)C(C(=O)C(F)(F)F)C(=O)C(F)(F)F. The topological polar surface area (TPSA) is 34.1 Å². The van der Waals surface area contributed by atoms with Crippen LogP contribution in [0, 0.1) is 0 Å². The van der Waals surface area contributed by atoms with E-state index in [0.29, 0.717) is 0 Å². The summed E-state index contributed by atoms with van der Waals surface area (Å²) in [5.74, 6) is -5.22. The van der Waals surface area contributed by atoms with E-state index in [4.69, 9.17) is 0 Å². The molecule has 0 heterocycles. The molecule has 0 aromatic carbocycles. The van der Waals surface area contributed by atoms with E-state index in [1.807, 2.05) is 0 Å². The molecule has 9 heteroatoms. The molecule has 17 heavy (non-hydrogen) atoms. The van der Waals surface area contributed by atoms with Crippen LogP contribution < -0.4 is 0 Å². The van der Waals surface area contributed by atoms with Crippen LogP contribution in [0.3, 0.4) is 0 Å². The number of carbonyl (C=O) groups excluding carboxylic acids is 2. The van der Waals surface area contributed by atoms with Gasteiger partial charge in [0.05, 0.1) is 13.6 Å². The number of alkyl halides is 6. The van der Waals surface area contributed by atoms with Crippen LogP contribution in [0.25, 0.3) is 0 Å². The number of rotatable bonds is 3. The zero-order chi connectivity index (χ0) is 14.2. The van der Waals surface area contributed by atoms with E-state index in [1.54, 1.807) is 0 Å². The Bertz CT molecular complexity index is 298. The summed E-state index contributed by atoms with van der Waals surface area (Å²) in [5, 5.41) is 0. The maximum atomic E-state index is 12.1. The van der Waals surface area contributed by atoms with Gasteiger partial charge < -0.3 is 0 Å². The number of hydrogen-bond acceptors (Lipinski definition) is 2. The summed E-state index contributed by atoms with van der Waals surface area (Å²) in [6.07, 6.45) is -10.9. The molecule has 0 aliphatic heterocycles. The molecule has 0 rings (SSSR count). The van der Waals surface area contributed by atoms with Crippen LogP contribution in [0.1, 0.15) is 0 Å². The molecule has 0 fully saturated rings. The van der Waals surface area contributed by atoms with Crippen LogP contribution in [0.4, 0.5) is 26.3 Å². The van der Waals surface area contributed by atoms with Gasteiger partial charge >= 0.3 is 12.4 Å². The molecule has 0 atom stereocenters. The Kier molecular flexibility index (Phi) is 4.20. The summed E-state index contributed by atoms with van der Waals surface area (Å²) < 4.78 is 72.8. The Hall–Kier alpha value is -0.863. The van der Waals surface area contributed by atoms with Crippen molar-refractivity contribution in [1.29, 1.82) is 0 Å². The highest BCUT2D eigenvalue weighted by Crippen LogP contribution is 2.36. The molecule has 0 N–H and O–H groups in total. The standard InChI is InChI=1S/C8H10F6O2Si/c1-17(2,3)4(5(15)7(9,10)11)6(16)8(12,13)14/h4H,1-3H3. The molecule has 2 nitrogen and oxygen atoms in total. The summed E-state index contributed by atoms with van der Waals surface area (Å²) in [6, 6.07) is 0. The van der Waals surface area contributed by atoms with E-state index < -0.39 is 37.5 Å². The lowest BCUT2D eigenvalue weighted by atomic mass is 10.2. The zero-order valence-corrected chi connectivity index (χ0v) is 10.2. The molecule has 0 spiro atoms. The van der Waals surface area contributed by atoms with Crippen molar-refractivity contribution in [2.24, 2.45) is 0 Å². The zero-order valence-electron chi connectivity index (χ0n) is 9.16. The van der Waals surface area contributed by atoms with Gasteiger partial charge in [0, 0.05) is 0 Å². The number of ketones is 2. The molecular formula is C8H10F6O2Si. The molecule has 0 aromatic rings. The third kappa shape index (κ3) is 4.13. The van der Waals surface area contributed by atoms with Gasteiger partial charge in [0.2, 0.25) is 11.6 Å². The minimum absolute atomic E-state index is 1.10. The average Bonchev–Trinajstić information content (AvgIpc) is 1.97. The van der Waals surface area contributed by atoms with Crippen molar-refractivity contribution in [3.63, 3.8) is 0 Å². The van der Waals surface area contributed by atoms with Gasteiger partial charge in [0.25, 0.3) is 0 Å². The van der Waals surface area contributed by atoms with Crippen molar-refractivity contribution >= 4 is 19.6 Å². The van der Waals surface area contributed by atoms with E-state index in [1.165, 1.54) is 0 Å². The summed E-state index contributed by atoms with van der Waals surface area (Å²) in [4.78, 5) is 21.8. The van der Waals surface area contributed by atoms with Gasteiger partial charge in [-0.15, -0.1) is 0 Å². The third-order valence-corrected chi connectivity index (χ3v) is 4.21. The summed E-state index contributed by atoms with van der Waals surface area (Å²) in [5.41, 5.74) is -2.64. The molecule has 0 radical (unpaired) electrons. The first kappa shape index (κ1) is 16.1. The predicted octanol–water partition coefficient (Wildman–Crippen LogP) is 2.96. The van der Waals surface area contributed by atoms with Crippen molar-refractivity contribution in [2.45, 2.75) is 37.5 Å². The number of halogens is 6. The lowest BCUT2D eigenvalue weighted by Crippen LogP contribution is -2.48. The fourth-order valence-electron chi connectivity index (χ4n) is 1.23. The average molecular weight is 280 g/mol. The summed E-state index contributed by atoms with van der Waals surface area (Å²) >= 11 is 0. The second kappa shape index (κ2) is 4.43. The molecule has 0 aromatic heterocycles. The maximum absolute atomic E-state index is 12.1. The van der Waals surface area contributed by atoms with Gasteiger partial charge in [-0.3, -0.25) is 9.59 Å². The smallest absolute Gasteiger partial charge is 0.289 e. The first-order valence-corrected chi connectivity index (χ1v) is 7.99. The van der Waals surface area contributed by atoms with Gasteiger partial charge in [-0.2, -0.15) is 26.3 Å². The van der Waals surface area contributed by atoms with Crippen molar-refractivity contribution < 1.29 is 35.9 Å². The van der Waals surface area contributed by atoms with Crippen molar-refractivity contribution in [1.82, 2.24) is 0 Å². The first-order chi connectivity index (χ1) is 7.19. The molecule has 100 valence electrons. The lowest BCUT2D eigenvalue weighted by Gasteiger charge is -2.27. The Morgan fingerprint density at radius 2 is 1.06 bits per heavy atom. The molecule has 0 saturated heterocycles. The number of Topliss-reactive ketones (excluding diaryl/α,β-unsaturated/α-hetero) is 2. The van der Waals surface area contributed by atoms with Gasteiger partial charge in [-0.25, -0.2) is 0 Å². The van der Waals surface area contributed by atoms with Gasteiger partial charge in [0.15, 0.2) is 0 Å². The number of hydrogen-bond donors (Lipinski definition) is 0. The fourth-order valence-corrected chi connectivity index (χ4v) is 3.13. The van der Waals surface area contributed by atoms with Crippen molar-refractivity contribution in [2.75, 3.05) is 0 Å². The van der Waals surface area contributed by atoms with Crippen LogP contribution in [0.15, 0.2) is 0 Å². The van der Waals surface area contributed by atoms with E-state index in [0.717, 1.165) is 19.6 Å². The van der Waals surface area contributed by atoms with E-state index in [9.17, 15) is 35.9 Å². The molecule has 0 aliphatic rings. The molecular weight excluding hydrogens is 270 g/mol. The minimum Gasteiger partial charge on any atom is -0.289 e. The van der Waals surface area contributed by atoms with Gasteiger partial charge in [-0.05, 0) is 0 Å². The summed E-state index contributed by atoms with van der Waals surface area (Å²) in [6.45, 7) is 3.31. The minimum atomic E-state index is -5.44. The molecule has 0 bridgehead atoms. The Balaban J connectivity index is 5.50. The van der Waals surface area contributed by atoms with E-state index >= 15 is 0 Å². The quantitative estimate of drug-likeness (QED) is 0.452. The summed E-state index contributed by atoms with van der Waals surface area (Å²) in [7, 11) is -3.27. The Morgan fingerprint density at radius 1 is 0.824 bits per heavy atom. The normalized spacial score (nSPS) is 14.0. The highest BCUT2D eigenvalue weighted by Gasteiger charge is 2.57. The number of carbonyl (C=O) groups is 2. The van der Waals surface area contributed by atoms with Crippen molar-refractivity contribution in [3.8, 4) is 0 Å². The van der Waals surface area contributed by atoms with Crippen molar-refractivity contribution in [3.05, 3.63) is 0 Å². The molecule has 0 saturated carbocycles. The fraction of sp³-hybridized carbons (Fsp3) is 0.750. The lowest BCUT2D eigenvalue weighted by molar-refractivity contribution is -0.182. The van der Waals surface area contributed by atoms with Gasteiger partial charge in [-0.1, -0.05) is 19.6 Å². The molecule has 0 amide bonds. The van der Waals surface area contributed by atoms with Crippen LogP contribution >= 0.6 is 0 Å². The van der Waals surface area contributed by atoms with Crippen LogP contribution in [-0.2, 0) is 9.59 Å². The van der Waals surface area contributed by atoms with E-state index in [-0.39, 0.29) is 0 Å². The van der Waals surface area contributed by atoms with E-state index in [2.05, 4.69) is 0 Å². The second-order valence-corrected chi connectivity index (χ2v) is 9.83. The molecule has 0 unspecified atom stereocenters. The van der Waals surface area contributed by atoms with Crippen LogP contribution in [0.2, 0.25) is 25.2 Å². The van der Waals surface area contributed by atoms with Gasteiger partial charge in [0.1, 0.15) is 0 Å². The highest BCUT2D eigenvalue weighted by molar-refractivity contribution is 6.84. The highest BCUT2D eigenvalue weighted by atomic mass is 28.3. The Morgan fingerprint density at radius 3 is 1.18 bits per heavy atom. The largest absolute Gasteiger partial charge is 0.450 e. The first-order valence-electron chi connectivity index (χ1n) is 4.41.